The zero-order valence-electron chi connectivity index (χ0n) is 24.9. The van der Waals surface area contributed by atoms with E-state index in [4.69, 9.17) is 19.5 Å². The van der Waals surface area contributed by atoms with Crippen LogP contribution in [0.4, 0.5) is 0 Å². The molecule has 4 rings (SSSR count). The lowest BCUT2D eigenvalue weighted by atomic mass is 10.1. The highest BCUT2D eigenvalue weighted by Crippen LogP contribution is 2.37. The van der Waals surface area contributed by atoms with Crippen molar-refractivity contribution in [2.45, 2.75) is 84.0 Å². The van der Waals surface area contributed by atoms with Crippen molar-refractivity contribution in [1.29, 1.82) is 0 Å². The second-order valence-electron chi connectivity index (χ2n) is 12.7. The SMILES string of the molecule is C=[S@@](N[C@H](C)c1cccc(-c2ccc3cn(-c4cccc(CO[Si](C)(C)C(C)(C)C)n4)nc3c2)n1)C(C)(C)C. The molecule has 0 spiro atoms. The molecule has 4 aromatic rings. The van der Waals surface area contributed by atoms with E-state index >= 15 is 0 Å². The van der Waals surface area contributed by atoms with Crippen LogP contribution in [-0.2, 0) is 11.0 Å². The second kappa shape index (κ2) is 11.1. The van der Waals surface area contributed by atoms with Gasteiger partial charge in [-0.1, -0.05) is 71.7 Å². The van der Waals surface area contributed by atoms with Gasteiger partial charge in [-0.15, -0.1) is 10.7 Å². The zero-order valence-corrected chi connectivity index (χ0v) is 26.7. The molecule has 0 aliphatic rings. The van der Waals surface area contributed by atoms with Crippen LogP contribution in [-0.4, -0.2) is 38.7 Å². The molecule has 0 unspecified atom stereocenters. The van der Waals surface area contributed by atoms with Crippen LogP contribution in [0.5, 0.6) is 0 Å². The molecule has 3 aromatic heterocycles. The Morgan fingerprint density at radius 3 is 2.41 bits per heavy atom. The van der Waals surface area contributed by atoms with Crippen molar-refractivity contribution in [3.8, 4) is 17.1 Å². The summed E-state index contributed by atoms with van der Waals surface area (Å²) in [5, 5.41) is 6.07. The largest absolute Gasteiger partial charge is 0.411 e. The van der Waals surface area contributed by atoms with E-state index in [2.05, 4.69) is 109 Å². The van der Waals surface area contributed by atoms with Crippen molar-refractivity contribution in [2.24, 2.45) is 0 Å². The van der Waals surface area contributed by atoms with E-state index in [0.717, 1.165) is 39.4 Å². The topological polar surface area (TPSA) is 64.9 Å². The Morgan fingerprint density at radius 1 is 1.00 bits per heavy atom. The molecular weight excluding hydrogens is 519 g/mol. The van der Waals surface area contributed by atoms with Gasteiger partial charge >= 0.3 is 0 Å². The Kier molecular flexibility index (Phi) is 8.33. The highest BCUT2D eigenvalue weighted by Gasteiger charge is 2.37. The maximum absolute atomic E-state index is 6.39. The Bertz CT molecular complexity index is 1480. The van der Waals surface area contributed by atoms with Gasteiger partial charge in [0, 0.05) is 21.9 Å². The van der Waals surface area contributed by atoms with Crippen LogP contribution in [0, 0.1) is 0 Å². The van der Waals surface area contributed by atoms with E-state index in [9.17, 15) is 0 Å². The van der Waals surface area contributed by atoms with E-state index in [1.54, 1.807) is 0 Å². The lowest BCUT2D eigenvalue weighted by Crippen LogP contribution is -2.40. The summed E-state index contributed by atoms with van der Waals surface area (Å²) in [6.07, 6.45) is 2.03. The Morgan fingerprint density at radius 2 is 1.72 bits per heavy atom. The Labute approximate surface area is 237 Å². The fraction of sp³-hybridized carbons (Fsp3) is 0.419. The van der Waals surface area contributed by atoms with Gasteiger partial charge < -0.3 is 4.43 Å². The lowest BCUT2D eigenvalue weighted by molar-refractivity contribution is 0.272. The average molecular weight is 562 g/mol. The van der Waals surface area contributed by atoms with E-state index in [1.807, 2.05) is 29.1 Å². The van der Waals surface area contributed by atoms with Crippen molar-refractivity contribution in [2.75, 3.05) is 0 Å². The minimum absolute atomic E-state index is 0.0991. The fourth-order valence-electron chi connectivity index (χ4n) is 3.74. The number of hydrogen-bond acceptors (Lipinski definition) is 5. The number of rotatable bonds is 8. The first-order valence-electron chi connectivity index (χ1n) is 13.5. The molecule has 0 radical (unpaired) electrons. The van der Waals surface area contributed by atoms with Gasteiger partial charge in [0.15, 0.2) is 14.1 Å². The van der Waals surface area contributed by atoms with Crippen LogP contribution in [0.1, 0.15) is 65.9 Å². The minimum Gasteiger partial charge on any atom is -0.411 e. The van der Waals surface area contributed by atoms with Gasteiger partial charge in [-0.05, 0) is 55.4 Å². The van der Waals surface area contributed by atoms with Gasteiger partial charge in [-0.3, -0.25) is 9.71 Å². The number of benzene rings is 1. The maximum atomic E-state index is 6.39. The number of nitrogens with one attached hydrogen (secondary N) is 1. The first kappa shape index (κ1) is 29.3. The van der Waals surface area contributed by atoms with Crippen LogP contribution in [0.2, 0.25) is 18.1 Å². The van der Waals surface area contributed by atoms with E-state index in [0.29, 0.717) is 6.61 Å². The molecule has 0 aliphatic heterocycles. The Balaban J connectivity index is 1.55. The number of hydrogen-bond donors (Lipinski definition) is 1. The normalized spacial score (nSPS) is 14.5. The van der Waals surface area contributed by atoms with Crippen molar-refractivity contribution >= 4 is 35.8 Å². The molecule has 3 heterocycles. The molecule has 1 N–H and O–H groups in total. The molecule has 208 valence electrons. The third-order valence-corrected chi connectivity index (χ3v) is 14.1. The molecule has 2 atom stereocenters. The molecule has 0 fully saturated rings. The predicted octanol–water partition coefficient (Wildman–Crippen LogP) is 8.07. The third kappa shape index (κ3) is 6.92. The number of fused-ring (bicyclic) bond motifs is 1. The molecule has 39 heavy (non-hydrogen) atoms. The summed E-state index contributed by atoms with van der Waals surface area (Å²) in [6.45, 7) is 20.5. The van der Waals surface area contributed by atoms with E-state index < -0.39 is 8.32 Å². The standard InChI is InChI=1S/C31H43N5OSSi/c1-22(35-38(8)30(2,3)4)26-14-12-15-27(33-26)23-17-18-24-20-36(34-28(24)19-23)29-16-11-13-25(32-29)21-37-39(9,10)31(5,6)7/h11-20,22,35H,8,21H2,1-7,9-10H3/t22-,38-/m1/s1. The van der Waals surface area contributed by atoms with Gasteiger partial charge in [-0.2, -0.15) is 5.10 Å². The maximum Gasteiger partial charge on any atom is 0.192 e. The van der Waals surface area contributed by atoms with Crippen LogP contribution >= 0.6 is 10.7 Å². The van der Waals surface area contributed by atoms with Crippen molar-refractivity contribution in [1.82, 2.24) is 24.5 Å². The highest BCUT2D eigenvalue weighted by molar-refractivity contribution is 8.13. The van der Waals surface area contributed by atoms with Crippen molar-refractivity contribution in [3.63, 3.8) is 0 Å². The lowest BCUT2D eigenvalue weighted by Gasteiger charge is -2.36. The van der Waals surface area contributed by atoms with Gasteiger partial charge in [0.1, 0.15) is 0 Å². The number of aromatic nitrogens is 4. The molecule has 0 amide bonds. The quantitative estimate of drug-likeness (QED) is 0.174. The van der Waals surface area contributed by atoms with Crippen LogP contribution in [0.3, 0.4) is 0 Å². The minimum atomic E-state index is -1.85. The molecule has 0 saturated heterocycles. The molecule has 6 nitrogen and oxygen atoms in total. The van der Waals surface area contributed by atoms with Crippen molar-refractivity contribution in [3.05, 3.63) is 72.2 Å². The monoisotopic (exact) mass is 561 g/mol. The molecule has 0 aliphatic carbocycles. The average Bonchev–Trinajstić information content (AvgIpc) is 3.30. The third-order valence-electron chi connectivity index (χ3n) is 7.49. The number of pyridine rings is 2. The molecule has 0 bridgehead atoms. The summed E-state index contributed by atoms with van der Waals surface area (Å²) in [5.74, 6) is 5.10. The molecule has 0 saturated carbocycles. The Hall–Kier alpha value is -2.65. The van der Waals surface area contributed by atoms with Gasteiger partial charge in [0.05, 0.1) is 35.2 Å². The number of nitrogens with zero attached hydrogens (tertiary/aromatic N) is 4. The van der Waals surface area contributed by atoms with Crippen LogP contribution in [0.15, 0.2) is 60.8 Å². The molecule has 8 heteroatoms. The van der Waals surface area contributed by atoms with E-state index in [1.165, 1.54) is 0 Å². The highest BCUT2D eigenvalue weighted by atomic mass is 32.2. The van der Waals surface area contributed by atoms with Gasteiger partial charge in [0.25, 0.3) is 0 Å². The fourth-order valence-corrected chi connectivity index (χ4v) is 5.59. The summed E-state index contributed by atoms with van der Waals surface area (Å²) >= 11 is 0. The summed E-state index contributed by atoms with van der Waals surface area (Å²) in [6, 6.07) is 18.6. The zero-order chi connectivity index (χ0) is 28.6. The van der Waals surface area contributed by atoms with Crippen molar-refractivity contribution < 1.29 is 4.43 Å². The summed E-state index contributed by atoms with van der Waals surface area (Å²) in [4.78, 5) is 9.83. The van der Waals surface area contributed by atoms with Gasteiger partial charge in [0.2, 0.25) is 0 Å². The van der Waals surface area contributed by atoms with E-state index in [-0.39, 0.29) is 26.5 Å². The smallest absolute Gasteiger partial charge is 0.192 e. The first-order valence-corrected chi connectivity index (χ1v) is 17.8. The molecular formula is C31H43N5OSSi. The predicted molar refractivity (Wildman–Crippen MR) is 170 cm³/mol. The first-order chi connectivity index (χ1) is 18.1. The second-order valence-corrected chi connectivity index (χ2v) is 19.7. The molecule has 1 aromatic carbocycles. The van der Waals surface area contributed by atoms with Crippen LogP contribution in [0.25, 0.3) is 28.0 Å². The summed E-state index contributed by atoms with van der Waals surface area (Å²) in [5.41, 5.74) is 4.79. The summed E-state index contributed by atoms with van der Waals surface area (Å²) < 4.78 is 12.0. The van der Waals surface area contributed by atoms with Gasteiger partial charge in [-0.25, -0.2) is 9.67 Å². The van der Waals surface area contributed by atoms with Crippen LogP contribution < -0.4 is 4.72 Å². The summed E-state index contributed by atoms with van der Waals surface area (Å²) in [7, 11) is -2.03.